The Morgan fingerprint density at radius 3 is 2.63 bits per heavy atom. The van der Waals surface area contributed by atoms with E-state index in [9.17, 15) is 0 Å². The molecular formula is C15H16Cl2N2. The molecule has 100 valence electrons. The number of hydrogen-bond acceptors (Lipinski definition) is 2. The zero-order chi connectivity index (χ0) is 13.8. The van der Waals surface area contributed by atoms with Crippen LogP contribution in [0, 0.1) is 0 Å². The lowest BCUT2D eigenvalue weighted by Crippen LogP contribution is -2.20. The molecule has 1 heterocycles. The number of pyridine rings is 1. The molecule has 1 aromatic heterocycles. The normalized spacial score (nSPS) is 12.4. The summed E-state index contributed by atoms with van der Waals surface area (Å²) in [6.07, 6.45) is 2.76. The van der Waals surface area contributed by atoms with E-state index < -0.39 is 0 Å². The van der Waals surface area contributed by atoms with Crippen molar-refractivity contribution in [2.45, 2.75) is 19.4 Å². The van der Waals surface area contributed by atoms with Crippen LogP contribution in [-0.2, 0) is 6.42 Å². The number of benzene rings is 1. The van der Waals surface area contributed by atoms with Crippen LogP contribution in [0.15, 0.2) is 36.5 Å². The molecule has 0 bridgehead atoms. The van der Waals surface area contributed by atoms with Crippen molar-refractivity contribution in [2.24, 2.45) is 0 Å². The second kappa shape index (κ2) is 6.38. The predicted molar refractivity (Wildman–Crippen MR) is 81.0 cm³/mol. The van der Waals surface area contributed by atoms with Gasteiger partial charge in [0.2, 0.25) is 0 Å². The van der Waals surface area contributed by atoms with Gasteiger partial charge in [-0.3, -0.25) is 4.98 Å². The minimum atomic E-state index is 0.0194. The van der Waals surface area contributed by atoms with Crippen molar-refractivity contribution < 1.29 is 0 Å². The second-order valence-electron chi connectivity index (χ2n) is 4.30. The maximum Gasteiger partial charge on any atom is 0.0752 e. The Morgan fingerprint density at radius 1 is 1.21 bits per heavy atom. The molecule has 1 N–H and O–H groups in total. The van der Waals surface area contributed by atoms with E-state index in [1.165, 1.54) is 5.56 Å². The van der Waals surface area contributed by atoms with Crippen LogP contribution >= 0.6 is 23.2 Å². The fourth-order valence-corrected chi connectivity index (χ4v) is 2.47. The summed E-state index contributed by atoms with van der Waals surface area (Å²) in [5, 5.41) is 4.42. The summed E-state index contributed by atoms with van der Waals surface area (Å²) < 4.78 is 0. The molecule has 1 unspecified atom stereocenters. The number of nitrogens with one attached hydrogen (secondary N) is 1. The molecule has 19 heavy (non-hydrogen) atoms. The number of hydrogen-bond donors (Lipinski definition) is 1. The highest BCUT2D eigenvalue weighted by atomic mass is 35.5. The highest BCUT2D eigenvalue weighted by Gasteiger charge is 2.17. The first-order valence-corrected chi connectivity index (χ1v) is 6.99. The third kappa shape index (κ3) is 3.08. The van der Waals surface area contributed by atoms with Crippen LogP contribution in [0.2, 0.25) is 10.0 Å². The number of aryl methyl sites for hydroxylation is 1. The predicted octanol–water partition coefficient (Wildman–Crippen LogP) is 4.26. The van der Waals surface area contributed by atoms with Crippen LogP contribution in [0.4, 0.5) is 0 Å². The number of nitrogens with zero attached hydrogens (tertiary/aromatic N) is 1. The third-order valence-corrected chi connectivity index (χ3v) is 3.89. The molecule has 0 radical (unpaired) electrons. The Balaban J connectivity index is 2.46. The molecule has 0 aliphatic heterocycles. The summed E-state index contributed by atoms with van der Waals surface area (Å²) in [5.74, 6) is 0. The summed E-state index contributed by atoms with van der Waals surface area (Å²) >= 11 is 12.1. The third-order valence-electron chi connectivity index (χ3n) is 3.15. The second-order valence-corrected chi connectivity index (χ2v) is 5.11. The van der Waals surface area contributed by atoms with Crippen molar-refractivity contribution >= 4 is 23.2 Å². The van der Waals surface area contributed by atoms with Gasteiger partial charge in [-0.05, 0) is 42.8 Å². The molecule has 1 aromatic carbocycles. The molecule has 0 spiro atoms. The van der Waals surface area contributed by atoms with Gasteiger partial charge in [-0.25, -0.2) is 0 Å². The Hall–Kier alpha value is -1.09. The van der Waals surface area contributed by atoms with Crippen molar-refractivity contribution in [3.8, 4) is 0 Å². The molecule has 0 amide bonds. The van der Waals surface area contributed by atoms with Crippen LogP contribution in [0.25, 0.3) is 0 Å². The number of halogens is 2. The smallest absolute Gasteiger partial charge is 0.0752 e. The van der Waals surface area contributed by atoms with E-state index in [1.807, 2.05) is 37.5 Å². The zero-order valence-corrected chi connectivity index (χ0v) is 12.5. The summed E-state index contributed by atoms with van der Waals surface area (Å²) in [7, 11) is 1.92. The Morgan fingerprint density at radius 2 is 2.00 bits per heavy atom. The minimum absolute atomic E-state index is 0.0194. The average molecular weight is 295 g/mol. The van der Waals surface area contributed by atoms with E-state index in [4.69, 9.17) is 23.2 Å². The average Bonchev–Trinajstić information content (AvgIpc) is 2.44. The highest BCUT2D eigenvalue weighted by Crippen LogP contribution is 2.29. The molecule has 0 aliphatic rings. The quantitative estimate of drug-likeness (QED) is 0.911. The summed E-state index contributed by atoms with van der Waals surface area (Å²) in [5.41, 5.74) is 3.32. The van der Waals surface area contributed by atoms with Gasteiger partial charge in [-0.15, -0.1) is 0 Å². The molecule has 0 saturated heterocycles. The summed E-state index contributed by atoms with van der Waals surface area (Å²) in [6, 6.07) is 9.76. The van der Waals surface area contributed by atoms with Crippen LogP contribution in [0.3, 0.4) is 0 Å². The first-order chi connectivity index (χ1) is 9.17. The van der Waals surface area contributed by atoms with E-state index >= 15 is 0 Å². The molecule has 0 aliphatic carbocycles. The zero-order valence-electron chi connectivity index (χ0n) is 11.0. The van der Waals surface area contributed by atoms with Crippen molar-refractivity contribution in [2.75, 3.05) is 7.05 Å². The van der Waals surface area contributed by atoms with Crippen LogP contribution < -0.4 is 5.32 Å². The highest BCUT2D eigenvalue weighted by molar-refractivity contribution is 6.42. The first kappa shape index (κ1) is 14.3. The monoisotopic (exact) mass is 294 g/mol. The van der Waals surface area contributed by atoms with Crippen molar-refractivity contribution in [1.82, 2.24) is 10.3 Å². The van der Waals surface area contributed by atoms with Gasteiger partial charge in [0.1, 0.15) is 0 Å². The van der Waals surface area contributed by atoms with Crippen molar-refractivity contribution in [3.63, 3.8) is 0 Å². The topological polar surface area (TPSA) is 24.9 Å². The minimum Gasteiger partial charge on any atom is -0.308 e. The molecular weight excluding hydrogens is 279 g/mol. The lowest BCUT2D eigenvalue weighted by Gasteiger charge is -2.19. The van der Waals surface area contributed by atoms with Gasteiger partial charge in [0.05, 0.1) is 21.8 Å². The van der Waals surface area contributed by atoms with E-state index in [1.54, 1.807) is 0 Å². The fourth-order valence-electron chi connectivity index (χ4n) is 2.16. The fraction of sp³-hybridized carbons (Fsp3) is 0.267. The molecule has 0 saturated carbocycles. The number of aromatic nitrogens is 1. The molecule has 2 nitrogen and oxygen atoms in total. The van der Waals surface area contributed by atoms with Gasteiger partial charge in [0, 0.05) is 6.20 Å². The maximum absolute atomic E-state index is 6.10. The van der Waals surface area contributed by atoms with Gasteiger partial charge < -0.3 is 5.32 Å². The van der Waals surface area contributed by atoms with Gasteiger partial charge in [-0.1, -0.05) is 42.3 Å². The van der Waals surface area contributed by atoms with E-state index in [-0.39, 0.29) is 6.04 Å². The standard InChI is InChI=1S/C15H16Cl2N2/c1-3-10-5-4-8-19-15(10)14(18-2)11-6-7-12(16)13(17)9-11/h4-9,14,18H,3H2,1-2H3. The van der Waals surface area contributed by atoms with E-state index in [0.29, 0.717) is 10.0 Å². The SMILES string of the molecule is CCc1cccnc1C(NC)c1ccc(Cl)c(Cl)c1. The van der Waals surface area contributed by atoms with Crippen LogP contribution in [0.5, 0.6) is 0 Å². The lowest BCUT2D eigenvalue weighted by molar-refractivity contribution is 0.662. The van der Waals surface area contributed by atoms with Gasteiger partial charge in [0.25, 0.3) is 0 Å². The van der Waals surface area contributed by atoms with Crippen molar-refractivity contribution in [1.29, 1.82) is 0 Å². The molecule has 2 aromatic rings. The van der Waals surface area contributed by atoms with Crippen molar-refractivity contribution in [3.05, 3.63) is 63.4 Å². The van der Waals surface area contributed by atoms with E-state index in [2.05, 4.69) is 23.3 Å². The van der Waals surface area contributed by atoms with Gasteiger partial charge in [0.15, 0.2) is 0 Å². The molecule has 0 fully saturated rings. The maximum atomic E-state index is 6.10. The van der Waals surface area contributed by atoms with Crippen LogP contribution in [-0.4, -0.2) is 12.0 Å². The first-order valence-electron chi connectivity index (χ1n) is 6.23. The van der Waals surface area contributed by atoms with Crippen LogP contribution in [0.1, 0.15) is 29.8 Å². The lowest BCUT2D eigenvalue weighted by atomic mass is 9.98. The summed E-state index contributed by atoms with van der Waals surface area (Å²) in [6.45, 7) is 2.13. The Bertz CT molecular complexity index is 570. The molecule has 2 rings (SSSR count). The van der Waals surface area contributed by atoms with Gasteiger partial charge >= 0.3 is 0 Å². The Kier molecular flexibility index (Phi) is 4.81. The largest absolute Gasteiger partial charge is 0.308 e. The summed E-state index contributed by atoms with van der Waals surface area (Å²) in [4.78, 5) is 4.51. The van der Waals surface area contributed by atoms with E-state index in [0.717, 1.165) is 17.7 Å². The molecule has 1 atom stereocenters. The molecule has 4 heteroatoms. The number of rotatable bonds is 4. The van der Waals surface area contributed by atoms with Gasteiger partial charge in [-0.2, -0.15) is 0 Å². The Labute approximate surface area is 123 Å².